The summed E-state index contributed by atoms with van der Waals surface area (Å²) >= 11 is 8.07. The number of nitrogens with zero attached hydrogens (tertiary/aromatic N) is 2. The second-order valence-corrected chi connectivity index (χ2v) is 4.19. The van der Waals surface area contributed by atoms with E-state index in [9.17, 15) is 8.78 Å². The van der Waals surface area contributed by atoms with Crippen LogP contribution in [-0.2, 0) is 6.54 Å². The molecule has 0 saturated heterocycles. The van der Waals surface area contributed by atoms with Gasteiger partial charge < -0.3 is 0 Å². The van der Waals surface area contributed by atoms with E-state index in [1.807, 2.05) is 5.43 Å². The molecule has 1 aromatic heterocycles. The zero-order valence-electron chi connectivity index (χ0n) is 7.85. The normalized spacial score (nSPS) is 14.3. The zero-order valence-corrected chi connectivity index (χ0v) is 10.2. The maximum atomic E-state index is 13.0. The Labute approximate surface area is 98.9 Å². The van der Waals surface area contributed by atoms with Crippen LogP contribution >= 0.6 is 27.5 Å². The van der Waals surface area contributed by atoms with Gasteiger partial charge in [0.05, 0.1) is 16.4 Å². The molecule has 86 valence electrons. The van der Waals surface area contributed by atoms with Crippen LogP contribution in [0.25, 0.3) is 0 Å². The minimum Gasteiger partial charge on any atom is -0.271 e. The molecule has 1 unspecified atom stereocenters. The number of nitrogens with two attached hydrogens (primary N) is 1. The summed E-state index contributed by atoms with van der Waals surface area (Å²) in [5.41, 5.74) is 2.21. The van der Waals surface area contributed by atoms with Gasteiger partial charge in [-0.2, -0.15) is 13.9 Å². The van der Waals surface area contributed by atoms with Gasteiger partial charge in [0.1, 0.15) is 6.04 Å². The Morgan fingerprint density at radius 3 is 2.80 bits per heavy atom. The third-order valence-electron chi connectivity index (χ3n) is 1.90. The first-order chi connectivity index (χ1) is 6.91. The molecule has 3 N–H and O–H groups in total. The lowest BCUT2D eigenvalue weighted by atomic mass is 10.2. The number of nitrogens with one attached hydrogen (secondary N) is 1. The van der Waals surface area contributed by atoms with Crippen molar-refractivity contribution >= 4 is 27.5 Å². The standard InChI is InChI=1S/C7H10BrClF2N4/c1-2-15-5(4(8)3-13-15)6(14-12)7(9,10)11/h3,6,14H,2,12H2,1H3. The topological polar surface area (TPSA) is 55.9 Å². The van der Waals surface area contributed by atoms with E-state index in [0.717, 1.165) is 0 Å². The minimum absolute atomic E-state index is 0.222. The van der Waals surface area contributed by atoms with Gasteiger partial charge in [0.2, 0.25) is 0 Å². The fraction of sp³-hybridized carbons (Fsp3) is 0.571. The number of aromatic nitrogens is 2. The summed E-state index contributed by atoms with van der Waals surface area (Å²) in [5, 5.41) is 0.417. The summed E-state index contributed by atoms with van der Waals surface area (Å²) < 4.78 is 27.8. The Bertz CT molecular complexity index is 338. The largest absolute Gasteiger partial charge is 0.343 e. The van der Waals surface area contributed by atoms with E-state index < -0.39 is 11.4 Å². The molecule has 8 heteroatoms. The molecule has 0 fully saturated rings. The second-order valence-electron chi connectivity index (χ2n) is 2.83. The summed E-state index contributed by atoms with van der Waals surface area (Å²) in [4.78, 5) is 0. The maximum absolute atomic E-state index is 13.0. The SMILES string of the molecule is CCn1ncc(Br)c1C(NN)C(F)(F)Cl. The van der Waals surface area contributed by atoms with Gasteiger partial charge in [-0.15, -0.1) is 0 Å². The summed E-state index contributed by atoms with van der Waals surface area (Å²) in [6.07, 6.45) is 1.42. The van der Waals surface area contributed by atoms with Crippen LogP contribution in [0.3, 0.4) is 0 Å². The average Bonchev–Trinajstić information content (AvgIpc) is 2.47. The van der Waals surface area contributed by atoms with Crippen LogP contribution in [0.1, 0.15) is 18.7 Å². The number of aryl methyl sites for hydroxylation is 1. The Kier molecular flexibility index (Phi) is 4.05. The van der Waals surface area contributed by atoms with Crippen molar-refractivity contribution in [2.75, 3.05) is 0 Å². The number of halogens is 4. The maximum Gasteiger partial charge on any atom is 0.343 e. The van der Waals surface area contributed by atoms with E-state index in [2.05, 4.69) is 21.0 Å². The third-order valence-corrected chi connectivity index (χ3v) is 2.73. The van der Waals surface area contributed by atoms with Crippen LogP contribution < -0.4 is 11.3 Å². The van der Waals surface area contributed by atoms with Crippen LogP contribution in [0.2, 0.25) is 0 Å². The first kappa shape index (κ1) is 12.8. The van der Waals surface area contributed by atoms with Crippen LogP contribution in [-0.4, -0.2) is 15.2 Å². The molecule has 0 amide bonds. The smallest absolute Gasteiger partial charge is 0.271 e. The Balaban J connectivity index is 3.16. The highest BCUT2D eigenvalue weighted by Crippen LogP contribution is 2.37. The Hall–Kier alpha value is -0.240. The van der Waals surface area contributed by atoms with Gasteiger partial charge in [0, 0.05) is 6.54 Å². The number of hydrazine groups is 1. The molecule has 0 aromatic carbocycles. The lowest BCUT2D eigenvalue weighted by Crippen LogP contribution is -2.39. The number of hydrogen-bond donors (Lipinski definition) is 2. The molecule has 0 aliphatic rings. The monoisotopic (exact) mass is 302 g/mol. The lowest BCUT2D eigenvalue weighted by Gasteiger charge is -2.21. The van der Waals surface area contributed by atoms with Crippen LogP contribution in [0.4, 0.5) is 8.78 Å². The van der Waals surface area contributed by atoms with Gasteiger partial charge in [0.15, 0.2) is 0 Å². The van der Waals surface area contributed by atoms with Gasteiger partial charge in [-0.05, 0) is 34.5 Å². The van der Waals surface area contributed by atoms with E-state index in [4.69, 9.17) is 17.4 Å². The van der Waals surface area contributed by atoms with Crippen molar-refractivity contribution < 1.29 is 8.78 Å². The van der Waals surface area contributed by atoms with Crippen molar-refractivity contribution in [3.63, 3.8) is 0 Å². The van der Waals surface area contributed by atoms with Crippen LogP contribution in [0, 0.1) is 0 Å². The Morgan fingerprint density at radius 1 is 1.80 bits per heavy atom. The molecule has 1 atom stereocenters. The molecule has 15 heavy (non-hydrogen) atoms. The van der Waals surface area contributed by atoms with Crippen molar-refractivity contribution in [1.29, 1.82) is 0 Å². The molecule has 1 aromatic rings. The predicted octanol–water partition coefficient (Wildman–Crippen LogP) is 2.00. The van der Waals surface area contributed by atoms with E-state index >= 15 is 0 Å². The molecule has 1 heterocycles. The first-order valence-electron chi connectivity index (χ1n) is 4.15. The van der Waals surface area contributed by atoms with Crippen molar-refractivity contribution in [3.8, 4) is 0 Å². The average molecular weight is 304 g/mol. The number of alkyl halides is 3. The molecular weight excluding hydrogens is 293 g/mol. The fourth-order valence-corrected chi connectivity index (χ4v) is 1.93. The highest BCUT2D eigenvalue weighted by atomic mass is 79.9. The molecule has 0 saturated carbocycles. The number of rotatable bonds is 4. The first-order valence-corrected chi connectivity index (χ1v) is 5.33. The fourth-order valence-electron chi connectivity index (χ4n) is 1.24. The molecule has 0 radical (unpaired) electrons. The van der Waals surface area contributed by atoms with Gasteiger partial charge in [0.25, 0.3) is 0 Å². The van der Waals surface area contributed by atoms with E-state index in [0.29, 0.717) is 11.0 Å². The quantitative estimate of drug-likeness (QED) is 0.508. The number of hydrogen-bond acceptors (Lipinski definition) is 3. The van der Waals surface area contributed by atoms with Gasteiger partial charge >= 0.3 is 5.38 Å². The van der Waals surface area contributed by atoms with Gasteiger partial charge in [-0.1, -0.05) is 0 Å². The zero-order chi connectivity index (χ0) is 11.6. The minimum atomic E-state index is -3.48. The third kappa shape index (κ3) is 2.66. The van der Waals surface area contributed by atoms with Gasteiger partial charge in [-0.3, -0.25) is 10.5 Å². The molecule has 0 aliphatic heterocycles. The highest BCUT2D eigenvalue weighted by Gasteiger charge is 2.40. The van der Waals surface area contributed by atoms with Crippen LogP contribution in [0.5, 0.6) is 0 Å². The van der Waals surface area contributed by atoms with Crippen molar-refractivity contribution in [3.05, 3.63) is 16.4 Å². The molecule has 1 rings (SSSR count). The van der Waals surface area contributed by atoms with E-state index in [-0.39, 0.29) is 5.69 Å². The highest BCUT2D eigenvalue weighted by molar-refractivity contribution is 9.10. The summed E-state index contributed by atoms with van der Waals surface area (Å²) in [5.74, 6) is 5.07. The van der Waals surface area contributed by atoms with Crippen molar-refractivity contribution in [2.45, 2.75) is 24.9 Å². The van der Waals surface area contributed by atoms with Gasteiger partial charge in [-0.25, -0.2) is 5.43 Å². The van der Waals surface area contributed by atoms with E-state index in [1.54, 1.807) is 6.92 Å². The molecule has 0 bridgehead atoms. The summed E-state index contributed by atoms with van der Waals surface area (Å²) in [6.45, 7) is 2.23. The molecule has 0 spiro atoms. The van der Waals surface area contributed by atoms with Crippen LogP contribution in [0.15, 0.2) is 10.7 Å². The summed E-state index contributed by atoms with van der Waals surface area (Å²) in [6, 6.07) is -1.49. The van der Waals surface area contributed by atoms with Crippen molar-refractivity contribution in [1.82, 2.24) is 15.2 Å². The van der Waals surface area contributed by atoms with E-state index in [1.165, 1.54) is 10.9 Å². The molecular formula is C7H10BrClF2N4. The summed E-state index contributed by atoms with van der Waals surface area (Å²) in [7, 11) is 0. The lowest BCUT2D eigenvalue weighted by molar-refractivity contribution is 0.0459. The molecule has 4 nitrogen and oxygen atoms in total. The predicted molar refractivity (Wildman–Crippen MR) is 56.5 cm³/mol. The second kappa shape index (κ2) is 4.73. The molecule has 0 aliphatic carbocycles. The Morgan fingerprint density at radius 2 is 2.40 bits per heavy atom. The van der Waals surface area contributed by atoms with Crippen molar-refractivity contribution in [2.24, 2.45) is 5.84 Å².